The van der Waals surface area contributed by atoms with Gasteiger partial charge >= 0.3 is 0 Å². The highest BCUT2D eigenvalue weighted by atomic mass is 16.3. The Morgan fingerprint density at radius 2 is 1.94 bits per heavy atom. The minimum absolute atomic E-state index is 0.247. The third-order valence-corrected chi connectivity index (χ3v) is 3.32. The van der Waals surface area contributed by atoms with Gasteiger partial charge in [0.2, 0.25) is 0 Å². The fourth-order valence-electron chi connectivity index (χ4n) is 2.26. The quantitative estimate of drug-likeness (QED) is 0.801. The van der Waals surface area contributed by atoms with Crippen molar-refractivity contribution in [1.82, 2.24) is 0 Å². The lowest BCUT2D eigenvalue weighted by Crippen LogP contribution is -2.00. The van der Waals surface area contributed by atoms with Crippen LogP contribution in [0.15, 0.2) is 30.3 Å². The molecule has 1 heteroatoms. The first kappa shape index (κ1) is 11.4. The van der Waals surface area contributed by atoms with Gasteiger partial charge in [0, 0.05) is 0 Å². The first-order valence-electron chi connectivity index (χ1n) is 6.27. The van der Waals surface area contributed by atoms with Crippen molar-refractivity contribution in [1.29, 1.82) is 0 Å². The Hall–Kier alpha value is -1.08. The Morgan fingerprint density at radius 3 is 2.62 bits per heavy atom. The smallest absolute Gasteiger partial charge is 0.0726 e. The van der Waals surface area contributed by atoms with E-state index in [1.807, 2.05) is 6.08 Å². The van der Waals surface area contributed by atoms with Gasteiger partial charge in [-0.2, -0.15) is 0 Å². The molecule has 1 aromatic rings. The van der Waals surface area contributed by atoms with Crippen molar-refractivity contribution in [3.63, 3.8) is 0 Å². The number of aryl methyl sites for hydroxylation is 1. The zero-order chi connectivity index (χ0) is 11.4. The Balaban J connectivity index is 2.21. The summed E-state index contributed by atoms with van der Waals surface area (Å²) in [6.07, 6.45) is 7.21. The predicted octanol–water partition coefficient (Wildman–Crippen LogP) is 3.57. The van der Waals surface area contributed by atoms with Crippen LogP contribution in [0, 0.1) is 0 Å². The van der Waals surface area contributed by atoms with Gasteiger partial charge in [-0.25, -0.2) is 0 Å². The summed E-state index contributed by atoms with van der Waals surface area (Å²) in [4.78, 5) is 0. The Labute approximate surface area is 97.8 Å². The molecule has 1 unspecified atom stereocenters. The maximum absolute atomic E-state index is 9.75. The molecular weight excluding hydrogens is 196 g/mol. The van der Waals surface area contributed by atoms with Crippen LogP contribution in [0.2, 0.25) is 0 Å². The van der Waals surface area contributed by atoms with Crippen molar-refractivity contribution < 1.29 is 5.11 Å². The highest BCUT2D eigenvalue weighted by molar-refractivity contribution is 5.66. The molecule has 1 aromatic carbocycles. The van der Waals surface area contributed by atoms with Gasteiger partial charge < -0.3 is 5.11 Å². The van der Waals surface area contributed by atoms with Crippen LogP contribution in [0.4, 0.5) is 0 Å². The third-order valence-electron chi connectivity index (χ3n) is 3.32. The molecule has 86 valence electrons. The van der Waals surface area contributed by atoms with Gasteiger partial charge in [0.25, 0.3) is 0 Å². The molecule has 0 bridgehead atoms. The minimum Gasteiger partial charge on any atom is -0.389 e. The Kier molecular flexibility index (Phi) is 3.79. The van der Waals surface area contributed by atoms with Crippen molar-refractivity contribution in [2.45, 2.75) is 45.1 Å². The van der Waals surface area contributed by atoms with Crippen LogP contribution in [0.1, 0.15) is 43.7 Å². The van der Waals surface area contributed by atoms with Gasteiger partial charge in [-0.15, -0.1) is 0 Å². The normalized spacial score (nSPS) is 21.4. The van der Waals surface area contributed by atoms with E-state index in [0.717, 1.165) is 25.7 Å². The van der Waals surface area contributed by atoms with E-state index in [1.165, 1.54) is 23.1 Å². The van der Waals surface area contributed by atoms with Gasteiger partial charge in [-0.1, -0.05) is 43.7 Å². The number of aliphatic hydroxyl groups is 1. The summed E-state index contributed by atoms with van der Waals surface area (Å²) in [5.74, 6) is 0. The molecule has 0 fully saturated rings. The fraction of sp³-hybridized carbons (Fsp3) is 0.467. The van der Waals surface area contributed by atoms with E-state index in [2.05, 4.69) is 31.2 Å². The van der Waals surface area contributed by atoms with Gasteiger partial charge in [0.1, 0.15) is 0 Å². The fourth-order valence-corrected chi connectivity index (χ4v) is 2.26. The van der Waals surface area contributed by atoms with Crippen LogP contribution in [0.3, 0.4) is 0 Å². The number of hydrogen-bond acceptors (Lipinski definition) is 1. The molecule has 0 amide bonds. The lowest BCUT2D eigenvalue weighted by atomic mass is 9.99. The monoisotopic (exact) mass is 216 g/mol. The van der Waals surface area contributed by atoms with Crippen molar-refractivity contribution in [2.24, 2.45) is 0 Å². The average molecular weight is 216 g/mol. The summed E-state index contributed by atoms with van der Waals surface area (Å²) >= 11 is 0. The minimum atomic E-state index is -0.247. The van der Waals surface area contributed by atoms with Crippen molar-refractivity contribution in [3.8, 4) is 0 Å². The van der Waals surface area contributed by atoms with Crippen molar-refractivity contribution in [2.75, 3.05) is 0 Å². The van der Waals surface area contributed by atoms with E-state index in [4.69, 9.17) is 0 Å². The Morgan fingerprint density at radius 1 is 1.19 bits per heavy atom. The van der Waals surface area contributed by atoms with Gasteiger partial charge in [0.05, 0.1) is 6.10 Å². The summed E-state index contributed by atoms with van der Waals surface area (Å²) in [5, 5.41) is 9.75. The van der Waals surface area contributed by atoms with Crippen LogP contribution in [0.25, 0.3) is 5.57 Å². The lowest BCUT2D eigenvalue weighted by Gasteiger charge is -2.07. The van der Waals surface area contributed by atoms with Gasteiger partial charge in [0.15, 0.2) is 0 Å². The molecule has 0 radical (unpaired) electrons. The van der Waals surface area contributed by atoms with E-state index in [9.17, 15) is 5.11 Å². The molecule has 1 nitrogen and oxygen atoms in total. The molecule has 0 aliphatic heterocycles. The number of rotatable bonds is 2. The number of benzene rings is 1. The number of allylic oxidation sites excluding steroid dienone is 1. The second-order valence-electron chi connectivity index (χ2n) is 4.56. The van der Waals surface area contributed by atoms with Crippen LogP contribution >= 0.6 is 0 Å². The zero-order valence-electron chi connectivity index (χ0n) is 9.95. The van der Waals surface area contributed by atoms with Crippen LogP contribution in [-0.2, 0) is 6.42 Å². The molecular formula is C15H20O. The van der Waals surface area contributed by atoms with Gasteiger partial charge in [-0.05, 0) is 42.4 Å². The average Bonchev–Trinajstić information content (AvgIpc) is 2.54. The van der Waals surface area contributed by atoms with E-state index in [0.29, 0.717) is 0 Å². The summed E-state index contributed by atoms with van der Waals surface area (Å²) in [7, 11) is 0. The van der Waals surface area contributed by atoms with E-state index < -0.39 is 0 Å². The predicted molar refractivity (Wildman–Crippen MR) is 68.3 cm³/mol. The second kappa shape index (κ2) is 5.31. The van der Waals surface area contributed by atoms with E-state index in [1.54, 1.807) is 0 Å². The van der Waals surface area contributed by atoms with Crippen molar-refractivity contribution >= 4 is 5.57 Å². The largest absolute Gasteiger partial charge is 0.389 e. The summed E-state index contributed by atoms with van der Waals surface area (Å²) < 4.78 is 0. The molecule has 0 heterocycles. The van der Waals surface area contributed by atoms with E-state index in [-0.39, 0.29) is 6.10 Å². The standard InChI is InChI=1S/C15H20O/c1-2-12-7-9-13(10-8-12)14-5-3-4-6-15(16)11-14/h7-11,15-16H,2-6H2,1H3. The molecule has 1 N–H and O–H groups in total. The zero-order valence-corrected chi connectivity index (χ0v) is 9.95. The molecule has 2 rings (SSSR count). The molecule has 0 saturated carbocycles. The molecule has 1 aliphatic carbocycles. The topological polar surface area (TPSA) is 20.2 Å². The number of aliphatic hydroxyl groups excluding tert-OH is 1. The summed E-state index contributed by atoms with van der Waals surface area (Å²) in [5.41, 5.74) is 3.96. The van der Waals surface area contributed by atoms with Crippen LogP contribution in [0.5, 0.6) is 0 Å². The highest BCUT2D eigenvalue weighted by Crippen LogP contribution is 2.26. The van der Waals surface area contributed by atoms with Crippen LogP contribution < -0.4 is 0 Å². The molecule has 0 aromatic heterocycles. The van der Waals surface area contributed by atoms with Crippen molar-refractivity contribution in [3.05, 3.63) is 41.5 Å². The summed E-state index contributed by atoms with van der Waals surface area (Å²) in [6.45, 7) is 2.17. The second-order valence-corrected chi connectivity index (χ2v) is 4.56. The van der Waals surface area contributed by atoms with Crippen LogP contribution in [-0.4, -0.2) is 11.2 Å². The van der Waals surface area contributed by atoms with E-state index >= 15 is 0 Å². The van der Waals surface area contributed by atoms with Gasteiger partial charge in [-0.3, -0.25) is 0 Å². The highest BCUT2D eigenvalue weighted by Gasteiger charge is 2.10. The molecule has 16 heavy (non-hydrogen) atoms. The third kappa shape index (κ3) is 2.73. The maximum atomic E-state index is 9.75. The SMILES string of the molecule is CCc1ccc(C2=CC(O)CCCC2)cc1. The summed E-state index contributed by atoms with van der Waals surface area (Å²) in [6, 6.07) is 8.74. The first-order valence-corrected chi connectivity index (χ1v) is 6.27. The maximum Gasteiger partial charge on any atom is 0.0726 e. The first-order chi connectivity index (χ1) is 7.79. The molecule has 1 atom stereocenters. The number of hydrogen-bond donors (Lipinski definition) is 1. The lowest BCUT2D eigenvalue weighted by molar-refractivity contribution is 0.211. The molecule has 1 aliphatic rings. The Bertz CT molecular complexity index is 362. The molecule has 0 saturated heterocycles. The molecule has 0 spiro atoms.